The highest BCUT2D eigenvalue weighted by molar-refractivity contribution is 9.12. The molecule has 3 amide bonds. The van der Waals surface area contributed by atoms with E-state index < -0.39 is 0 Å². The average molecular weight is 518 g/mol. The maximum Gasteiger partial charge on any atom is 0.255 e. The smallest absolute Gasteiger partial charge is 0.255 e. The summed E-state index contributed by atoms with van der Waals surface area (Å²) in [4.78, 5) is 40.5. The Kier molecular flexibility index (Phi) is 4.62. The molecule has 2 aromatic rings. The van der Waals surface area contributed by atoms with E-state index in [0.29, 0.717) is 16.9 Å². The van der Waals surface area contributed by atoms with Gasteiger partial charge in [-0.15, -0.1) is 0 Å². The number of alkyl halides is 2. The average Bonchev–Trinajstić information content (AvgIpc) is 3.33. The van der Waals surface area contributed by atoms with E-state index >= 15 is 0 Å². The highest BCUT2D eigenvalue weighted by atomic mass is 79.9. The van der Waals surface area contributed by atoms with E-state index in [4.69, 9.17) is 0 Å². The van der Waals surface area contributed by atoms with E-state index in [0.717, 1.165) is 6.42 Å². The number of hydrogen-bond donors (Lipinski definition) is 1. The Morgan fingerprint density at radius 2 is 1.52 bits per heavy atom. The molecule has 2 bridgehead atoms. The van der Waals surface area contributed by atoms with Crippen LogP contribution in [0, 0.1) is 23.7 Å². The van der Waals surface area contributed by atoms with E-state index in [1.54, 1.807) is 48.5 Å². The molecule has 0 unspecified atom stereocenters. The summed E-state index contributed by atoms with van der Waals surface area (Å²) in [7, 11) is 0. The molecule has 5 nitrogen and oxygen atoms in total. The molecule has 0 spiro atoms. The zero-order chi connectivity index (χ0) is 20.3. The summed E-state index contributed by atoms with van der Waals surface area (Å²) in [5.41, 5.74) is 1.61. The predicted molar refractivity (Wildman–Crippen MR) is 117 cm³/mol. The van der Waals surface area contributed by atoms with Crippen LogP contribution in [-0.2, 0) is 9.59 Å². The largest absolute Gasteiger partial charge is 0.322 e. The number of amides is 3. The highest BCUT2D eigenvalue weighted by Gasteiger charge is 2.66. The Morgan fingerprint density at radius 3 is 2.14 bits per heavy atom. The molecule has 6 atom stereocenters. The second-order valence-corrected chi connectivity index (χ2v) is 10.0. The standard InChI is InChI=1S/C22H18Br2N2O3/c23-18-14-10-15(19(18)24)17-16(14)21(28)26(22(17)29)13-8-4-7-12(9-13)25-20(27)11-5-2-1-3-6-11/h1-9,14-19H,10H2,(H,25,27)/t14-,15-,16-,17-,18-,19+/m0/s1. The first kappa shape index (κ1) is 19.0. The van der Waals surface area contributed by atoms with Crippen LogP contribution in [0.3, 0.4) is 0 Å². The fourth-order valence-electron chi connectivity index (χ4n) is 5.12. The van der Waals surface area contributed by atoms with Gasteiger partial charge >= 0.3 is 0 Å². The summed E-state index contributed by atoms with van der Waals surface area (Å²) < 4.78 is 0. The highest BCUT2D eigenvalue weighted by Crippen LogP contribution is 2.60. The summed E-state index contributed by atoms with van der Waals surface area (Å²) in [5.74, 6) is -0.637. The fourth-order valence-corrected chi connectivity index (χ4v) is 6.99. The molecule has 1 saturated heterocycles. The van der Waals surface area contributed by atoms with Crippen LogP contribution in [0.25, 0.3) is 0 Å². The third kappa shape index (κ3) is 2.89. The van der Waals surface area contributed by atoms with Gasteiger partial charge in [0, 0.05) is 20.9 Å². The molecular weight excluding hydrogens is 500 g/mol. The van der Waals surface area contributed by atoms with Gasteiger partial charge in [0.2, 0.25) is 11.8 Å². The van der Waals surface area contributed by atoms with Crippen molar-refractivity contribution in [3.8, 4) is 0 Å². The zero-order valence-electron chi connectivity index (χ0n) is 15.3. The molecule has 3 fully saturated rings. The van der Waals surface area contributed by atoms with Gasteiger partial charge in [-0.25, -0.2) is 4.90 Å². The normalized spacial score (nSPS) is 32.6. The van der Waals surface area contributed by atoms with Crippen molar-refractivity contribution in [1.29, 1.82) is 0 Å². The van der Waals surface area contributed by atoms with Gasteiger partial charge in [-0.3, -0.25) is 14.4 Å². The maximum atomic E-state index is 13.2. The lowest BCUT2D eigenvalue weighted by atomic mass is 9.81. The lowest BCUT2D eigenvalue weighted by molar-refractivity contribution is -0.123. The van der Waals surface area contributed by atoms with Gasteiger partial charge in [0.05, 0.1) is 17.5 Å². The maximum absolute atomic E-state index is 13.2. The summed E-state index contributed by atoms with van der Waals surface area (Å²) in [6.07, 6.45) is 0.902. The molecule has 1 heterocycles. The Labute approximate surface area is 185 Å². The number of imide groups is 1. The number of carbonyl (C=O) groups excluding carboxylic acids is 3. The molecule has 7 heteroatoms. The van der Waals surface area contributed by atoms with Gasteiger partial charge in [-0.05, 0) is 48.6 Å². The molecule has 5 rings (SSSR count). The van der Waals surface area contributed by atoms with Crippen LogP contribution in [0.15, 0.2) is 54.6 Å². The quantitative estimate of drug-likeness (QED) is 0.489. The number of hydrogen-bond acceptors (Lipinski definition) is 3. The molecule has 2 saturated carbocycles. The summed E-state index contributed by atoms with van der Waals surface area (Å²) in [6.45, 7) is 0. The first-order valence-electron chi connectivity index (χ1n) is 9.60. The first-order chi connectivity index (χ1) is 14.0. The number of rotatable bonds is 3. The van der Waals surface area contributed by atoms with Crippen LogP contribution < -0.4 is 10.2 Å². The summed E-state index contributed by atoms with van der Waals surface area (Å²) >= 11 is 7.41. The summed E-state index contributed by atoms with van der Waals surface area (Å²) in [6, 6.07) is 15.9. The van der Waals surface area contributed by atoms with Crippen molar-refractivity contribution in [2.24, 2.45) is 23.7 Å². The Hall–Kier alpha value is -1.99. The van der Waals surface area contributed by atoms with Gasteiger partial charge in [-0.1, -0.05) is 56.1 Å². The molecule has 29 heavy (non-hydrogen) atoms. The lowest BCUT2D eigenvalue weighted by Crippen LogP contribution is -2.37. The lowest BCUT2D eigenvalue weighted by Gasteiger charge is -2.28. The van der Waals surface area contributed by atoms with Gasteiger partial charge < -0.3 is 5.32 Å². The van der Waals surface area contributed by atoms with Crippen molar-refractivity contribution in [3.63, 3.8) is 0 Å². The number of benzene rings is 2. The van der Waals surface area contributed by atoms with Crippen LogP contribution in [0.2, 0.25) is 0 Å². The van der Waals surface area contributed by atoms with Gasteiger partial charge in [-0.2, -0.15) is 0 Å². The Bertz CT molecular complexity index is 980. The Balaban J connectivity index is 1.41. The summed E-state index contributed by atoms with van der Waals surface area (Å²) in [5, 5.41) is 2.84. The second kappa shape index (κ2) is 7.06. The van der Waals surface area contributed by atoms with Gasteiger partial charge in [0.1, 0.15) is 0 Å². The number of carbonyl (C=O) groups is 3. The SMILES string of the molecule is O=C(Nc1cccc(N2C(=O)[C@H]3[C@@H]4C[C@H]([C@@H](Br)[C@H]4Br)[C@@H]3C2=O)c1)c1ccccc1. The van der Waals surface area contributed by atoms with E-state index in [1.807, 2.05) is 6.07 Å². The first-order valence-corrected chi connectivity index (χ1v) is 11.4. The molecular formula is C22H18Br2N2O3. The Morgan fingerprint density at radius 1 is 0.897 bits per heavy atom. The number of anilines is 2. The molecule has 1 N–H and O–H groups in total. The van der Waals surface area contributed by atoms with Crippen LogP contribution in [-0.4, -0.2) is 27.4 Å². The van der Waals surface area contributed by atoms with Crippen LogP contribution in [0.5, 0.6) is 0 Å². The van der Waals surface area contributed by atoms with E-state index in [2.05, 4.69) is 37.2 Å². The van der Waals surface area contributed by atoms with Crippen molar-refractivity contribution in [3.05, 3.63) is 60.2 Å². The molecule has 0 radical (unpaired) electrons. The molecule has 0 aromatic heterocycles. The zero-order valence-corrected chi connectivity index (χ0v) is 18.5. The van der Waals surface area contributed by atoms with Gasteiger partial charge in [0.15, 0.2) is 0 Å². The van der Waals surface area contributed by atoms with Crippen molar-refractivity contribution in [1.82, 2.24) is 0 Å². The third-order valence-electron chi connectivity index (χ3n) is 6.39. The van der Waals surface area contributed by atoms with E-state index in [9.17, 15) is 14.4 Å². The third-order valence-corrected chi connectivity index (χ3v) is 9.59. The number of nitrogens with zero attached hydrogens (tertiary/aromatic N) is 1. The van der Waals surface area contributed by atoms with Crippen LogP contribution >= 0.6 is 31.9 Å². The van der Waals surface area contributed by atoms with E-state index in [1.165, 1.54) is 4.90 Å². The van der Waals surface area contributed by atoms with Crippen LogP contribution in [0.4, 0.5) is 11.4 Å². The van der Waals surface area contributed by atoms with Crippen molar-refractivity contribution < 1.29 is 14.4 Å². The molecule has 148 valence electrons. The van der Waals surface area contributed by atoms with E-state index in [-0.39, 0.29) is 51.0 Å². The number of fused-ring (bicyclic) bond motifs is 5. The number of nitrogens with one attached hydrogen (secondary N) is 1. The predicted octanol–water partition coefficient (Wildman–Crippen LogP) is 4.22. The minimum Gasteiger partial charge on any atom is -0.322 e. The monoisotopic (exact) mass is 516 g/mol. The van der Waals surface area contributed by atoms with Crippen molar-refractivity contribution in [2.45, 2.75) is 16.1 Å². The number of halogens is 2. The minimum absolute atomic E-state index is 0.122. The topological polar surface area (TPSA) is 66.5 Å². The molecule has 2 aliphatic carbocycles. The van der Waals surface area contributed by atoms with Gasteiger partial charge in [0.25, 0.3) is 5.91 Å². The minimum atomic E-state index is -0.256. The fraction of sp³-hybridized carbons (Fsp3) is 0.318. The molecule has 1 aliphatic heterocycles. The molecule has 2 aromatic carbocycles. The van der Waals surface area contributed by atoms with Crippen LogP contribution in [0.1, 0.15) is 16.8 Å². The van der Waals surface area contributed by atoms with Crippen molar-refractivity contribution >= 4 is 61.0 Å². The van der Waals surface area contributed by atoms with Crippen molar-refractivity contribution in [2.75, 3.05) is 10.2 Å². The second-order valence-electron chi connectivity index (χ2n) is 7.89. The molecule has 3 aliphatic rings.